The monoisotopic (exact) mass is 383 g/mol. The smallest absolute Gasteiger partial charge is 0.411 e. The normalized spacial score (nSPS) is 14.1. The zero-order valence-corrected chi connectivity index (χ0v) is 15.3. The lowest BCUT2D eigenvalue weighted by atomic mass is 9.87. The number of aliphatic hydroxyl groups is 1. The quantitative estimate of drug-likeness (QED) is 0.118. The maximum absolute atomic E-state index is 11.9. The average Bonchev–Trinajstić information content (AvgIpc) is 2.51. The Labute approximate surface area is 145 Å². The van der Waals surface area contributed by atoms with E-state index in [1.807, 2.05) is 0 Å². The van der Waals surface area contributed by atoms with Crippen molar-refractivity contribution in [1.82, 2.24) is 10.6 Å². The zero-order chi connectivity index (χ0) is 19.7. The molecule has 0 saturated carbocycles. The van der Waals surface area contributed by atoms with Crippen molar-refractivity contribution in [2.45, 2.75) is 39.7 Å². The van der Waals surface area contributed by atoms with Gasteiger partial charge in [-0.05, 0) is 6.92 Å². The van der Waals surface area contributed by atoms with E-state index in [-0.39, 0.29) is 25.4 Å². The van der Waals surface area contributed by atoms with Gasteiger partial charge in [0.1, 0.15) is 6.10 Å². The zero-order valence-electron chi connectivity index (χ0n) is 14.4. The second kappa shape index (κ2) is 10.5. The fraction of sp³-hybridized carbons (Fsp3) is 0.769. The van der Waals surface area contributed by atoms with Gasteiger partial charge < -0.3 is 30.7 Å². The minimum atomic E-state index is -4.71. The Hall–Kier alpha value is -1.52. The Bertz CT molecular complexity index is 531. The third-order valence-corrected chi connectivity index (χ3v) is 3.69. The summed E-state index contributed by atoms with van der Waals surface area (Å²) in [5.41, 5.74) is -0.772. The molecule has 0 aromatic heterocycles. The van der Waals surface area contributed by atoms with Gasteiger partial charge >= 0.3 is 7.82 Å². The van der Waals surface area contributed by atoms with Gasteiger partial charge in [-0.25, -0.2) is 4.57 Å². The summed E-state index contributed by atoms with van der Waals surface area (Å²) >= 11 is 0. The van der Waals surface area contributed by atoms with Crippen LogP contribution >= 0.6 is 7.82 Å². The molecule has 0 saturated heterocycles. The number of carbonyl (C=O) groups is 2. The van der Waals surface area contributed by atoms with Crippen molar-refractivity contribution >= 4 is 25.3 Å². The number of nitrogens with one attached hydrogen (secondary N) is 2. The van der Waals surface area contributed by atoms with E-state index in [0.717, 1.165) is 0 Å². The molecular formula is C13H26N3O8P. The molecule has 0 unspecified atom stereocenters. The lowest BCUT2D eigenvalue weighted by Gasteiger charge is -2.29. The highest BCUT2D eigenvalue weighted by atomic mass is 31.2. The van der Waals surface area contributed by atoms with Crippen molar-refractivity contribution in [2.24, 2.45) is 10.6 Å². The first-order valence-electron chi connectivity index (χ1n) is 7.49. The number of carbonyl (C=O) groups excluding carboxylic acids is 2. The minimum Gasteiger partial charge on any atom is -0.411 e. The Morgan fingerprint density at radius 1 is 1.20 bits per heavy atom. The van der Waals surface area contributed by atoms with Crippen LogP contribution in [0.4, 0.5) is 0 Å². The minimum absolute atomic E-state index is 0.0206. The van der Waals surface area contributed by atoms with Crippen LogP contribution in [0.2, 0.25) is 0 Å². The van der Waals surface area contributed by atoms with Crippen LogP contribution in [-0.2, 0) is 18.7 Å². The molecule has 0 aliphatic rings. The van der Waals surface area contributed by atoms with Crippen molar-refractivity contribution < 1.29 is 38.8 Å². The lowest BCUT2D eigenvalue weighted by Crippen LogP contribution is -2.46. The van der Waals surface area contributed by atoms with Crippen LogP contribution in [0.5, 0.6) is 0 Å². The molecule has 146 valence electrons. The number of amides is 2. The Morgan fingerprint density at radius 2 is 1.76 bits per heavy atom. The summed E-state index contributed by atoms with van der Waals surface area (Å²) in [4.78, 5) is 40.7. The van der Waals surface area contributed by atoms with Crippen molar-refractivity contribution in [2.75, 3.05) is 19.7 Å². The number of phosphoric acid groups is 1. The maximum Gasteiger partial charge on any atom is 0.469 e. The van der Waals surface area contributed by atoms with Crippen LogP contribution in [0.15, 0.2) is 5.16 Å². The molecule has 0 rings (SSSR count). The Balaban J connectivity index is 4.19. The molecule has 0 spiro atoms. The van der Waals surface area contributed by atoms with Crippen LogP contribution in [0.3, 0.4) is 0 Å². The molecule has 6 N–H and O–H groups in total. The highest BCUT2D eigenvalue weighted by Crippen LogP contribution is 2.38. The van der Waals surface area contributed by atoms with Crippen LogP contribution < -0.4 is 10.6 Å². The molecular weight excluding hydrogens is 357 g/mol. The van der Waals surface area contributed by atoms with E-state index in [1.54, 1.807) is 6.92 Å². The molecule has 0 aromatic rings. The Morgan fingerprint density at radius 3 is 2.28 bits per heavy atom. The summed E-state index contributed by atoms with van der Waals surface area (Å²) < 4.78 is 15.0. The van der Waals surface area contributed by atoms with E-state index < -0.39 is 31.9 Å². The van der Waals surface area contributed by atoms with Gasteiger partial charge in [-0.3, -0.25) is 14.1 Å². The van der Waals surface area contributed by atoms with Crippen molar-refractivity contribution in [3.8, 4) is 0 Å². The molecule has 0 bridgehead atoms. The van der Waals surface area contributed by atoms with Crippen LogP contribution in [0.25, 0.3) is 0 Å². The van der Waals surface area contributed by atoms with Gasteiger partial charge in [0.15, 0.2) is 0 Å². The molecule has 0 aromatic carbocycles. The van der Waals surface area contributed by atoms with E-state index in [0.29, 0.717) is 12.1 Å². The molecule has 0 aliphatic carbocycles. The molecule has 2 amide bonds. The van der Waals surface area contributed by atoms with Gasteiger partial charge in [0.25, 0.3) is 0 Å². The highest BCUT2D eigenvalue weighted by molar-refractivity contribution is 7.46. The topological polar surface area (TPSA) is 178 Å². The van der Waals surface area contributed by atoms with Gasteiger partial charge in [0.05, 0.1) is 12.3 Å². The van der Waals surface area contributed by atoms with Gasteiger partial charge in [-0.1, -0.05) is 19.0 Å². The van der Waals surface area contributed by atoms with Gasteiger partial charge in [0, 0.05) is 31.3 Å². The number of phosphoric ester groups is 1. The van der Waals surface area contributed by atoms with E-state index >= 15 is 0 Å². The largest absolute Gasteiger partial charge is 0.469 e. The first-order chi connectivity index (χ1) is 11.4. The average molecular weight is 383 g/mol. The molecule has 11 nitrogen and oxygen atoms in total. The molecule has 0 heterocycles. The van der Waals surface area contributed by atoms with E-state index in [4.69, 9.17) is 15.0 Å². The molecule has 0 fully saturated rings. The summed E-state index contributed by atoms with van der Waals surface area (Å²) in [5.74, 6) is -1.11. The fourth-order valence-electron chi connectivity index (χ4n) is 1.60. The number of rotatable bonds is 11. The van der Waals surface area contributed by atoms with Crippen molar-refractivity contribution in [1.29, 1.82) is 0 Å². The Kier molecular flexibility index (Phi) is 9.83. The van der Waals surface area contributed by atoms with Crippen LogP contribution in [0.1, 0.15) is 33.6 Å². The van der Waals surface area contributed by atoms with Crippen molar-refractivity contribution in [3.63, 3.8) is 0 Å². The number of aliphatic hydroxyl groups excluding tert-OH is 1. The van der Waals surface area contributed by atoms with Gasteiger partial charge in [-0.15, -0.1) is 0 Å². The highest BCUT2D eigenvalue weighted by Gasteiger charge is 2.35. The SMILES string of the molecule is C/C(CCNC(=O)CCNC(=O)[C@@H](O)C(C)(C)COP(=O)(O)O)=N\O. The molecule has 12 heteroatoms. The predicted molar refractivity (Wildman–Crippen MR) is 87.9 cm³/mol. The summed E-state index contributed by atoms with van der Waals surface area (Å²) in [7, 11) is -4.71. The molecule has 0 aliphatic heterocycles. The third kappa shape index (κ3) is 10.8. The second-order valence-electron chi connectivity index (χ2n) is 6.13. The number of hydrogen-bond acceptors (Lipinski definition) is 7. The second-order valence-corrected chi connectivity index (χ2v) is 7.37. The third-order valence-electron chi connectivity index (χ3n) is 3.22. The number of hydrogen-bond donors (Lipinski definition) is 6. The number of nitrogens with zero attached hydrogens (tertiary/aromatic N) is 1. The lowest BCUT2D eigenvalue weighted by molar-refractivity contribution is -0.137. The summed E-state index contributed by atoms with van der Waals surface area (Å²) in [6.45, 7) is 4.15. The fourth-order valence-corrected chi connectivity index (χ4v) is 2.10. The maximum atomic E-state index is 11.9. The van der Waals surface area contributed by atoms with Gasteiger partial charge in [0.2, 0.25) is 11.8 Å². The van der Waals surface area contributed by atoms with Gasteiger partial charge in [-0.2, -0.15) is 0 Å². The van der Waals surface area contributed by atoms with Crippen LogP contribution in [-0.4, -0.2) is 63.4 Å². The molecule has 1 atom stereocenters. The first-order valence-corrected chi connectivity index (χ1v) is 9.02. The van der Waals surface area contributed by atoms with E-state index in [9.17, 15) is 19.3 Å². The molecule has 25 heavy (non-hydrogen) atoms. The summed E-state index contributed by atoms with van der Waals surface area (Å²) in [6, 6.07) is 0. The number of oxime groups is 1. The summed E-state index contributed by atoms with van der Waals surface area (Å²) in [5, 5.41) is 26.3. The van der Waals surface area contributed by atoms with E-state index in [1.165, 1.54) is 13.8 Å². The van der Waals surface area contributed by atoms with Crippen LogP contribution in [0, 0.1) is 5.41 Å². The first kappa shape index (κ1) is 23.5. The summed E-state index contributed by atoms with van der Waals surface area (Å²) in [6.07, 6.45) is -1.21. The van der Waals surface area contributed by atoms with Crippen molar-refractivity contribution in [3.05, 3.63) is 0 Å². The predicted octanol–water partition coefficient (Wildman–Crippen LogP) is -0.654. The van der Waals surface area contributed by atoms with E-state index in [2.05, 4.69) is 20.3 Å². The molecule has 0 radical (unpaired) electrons. The standard InChI is InChI=1S/C13H26N3O8P/c1-9(16-20)4-6-14-10(17)5-7-15-12(19)11(18)13(2,3)8-24-25(21,22)23/h11,18,20H,4-8H2,1-3H3,(H,14,17)(H,15,19)(H2,21,22,23)/b16-9+/t11-/m1/s1.